The Morgan fingerprint density at radius 2 is 1.71 bits per heavy atom. The molecule has 234 valence electrons. The highest BCUT2D eigenvalue weighted by Crippen LogP contribution is 2.34. The molecule has 5 aromatic rings. The predicted molar refractivity (Wildman–Crippen MR) is 178 cm³/mol. The molecule has 0 unspecified atom stereocenters. The molecule has 11 heteroatoms. The van der Waals surface area contributed by atoms with E-state index in [1.54, 1.807) is 49.7 Å². The number of rotatable bonds is 13. The van der Waals surface area contributed by atoms with Crippen LogP contribution in [0.2, 0.25) is 5.02 Å². The second kappa shape index (κ2) is 14.2. The van der Waals surface area contributed by atoms with E-state index in [0.717, 1.165) is 41.5 Å². The lowest BCUT2D eigenvalue weighted by molar-refractivity contribution is -0.143. The summed E-state index contributed by atoms with van der Waals surface area (Å²) in [4.78, 5) is 42.2. The second-order valence-electron chi connectivity index (χ2n) is 10.7. The number of unbranched alkanes of at least 4 members (excludes halogenated alkanes) is 2. The SMILES string of the molecule is CCOC(=O)CCCCCn1c(C(=O)N(C)c2nnc(C)n2-c2sc(CC)cc2C(=O)c2ccccc2Cl)cc2ccccc21. The highest BCUT2D eigenvalue weighted by molar-refractivity contribution is 7.15. The maximum Gasteiger partial charge on any atom is 0.305 e. The predicted octanol–water partition coefficient (Wildman–Crippen LogP) is 7.44. The minimum Gasteiger partial charge on any atom is -0.466 e. The van der Waals surface area contributed by atoms with Crippen LogP contribution in [0.3, 0.4) is 0 Å². The molecule has 3 aromatic heterocycles. The zero-order chi connectivity index (χ0) is 32.1. The number of amides is 1. The number of aromatic nitrogens is 4. The second-order valence-corrected chi connectivity index (χ2v) is 12.2. The van der Waals surface area contributed by atoms with E-state index < -0.39 is 0 Å². The Bertz CT molecular complexity index is 1860. The fourth-order valence-corrected chi connectivity index (χ4v) is 6.73. The summed E-state index contributed by atoms with van der Waals surface area (Å²) in [6, 6.07) is 18.7. The maximum atomic E-state index is 14.2. The molecule has 1 amide bonds. The van der Waals surface area contributed by atoms with Gasteiger partial charge in [0.15, 0.2) is 5.78 Å². The minimum atomic E-state index is -0.252. The van der Waals surface area contributed by atoms with Crippen molar-refractivity contribution < 1.29 is 19.1 Å². The van der Waals surface area contributed by atoms with Gasteiger partial charge in [-0.3, -0.25) is 23.9 Å². The number of ketones is 1. The molecule has 0 N–H and O–H groups in total. The number of nitrogens with zero attached hydrogens (tertiary/aromatic N) is 5. The molecule has 0 spiro atoms. The monoisotopic (exact) mass is 645 g/mol. The number of ether oxygens (including phenoxy) is 1. The first-order valence-corrected chi connectivity index (χ1v) is 16.3. The topological polar surface area (TPSA) is 99.3 Å². The molecule has 0 bridgehead atoms. The molecule has 0 atom stereocenters. The Morgan fingerprint density at radius 3 is 2.47 bits per heavy atom. The third-order valence-corrected chi connectivity index (χ3v) is 9.28. The van der Waals surface area contributed by atoms with Crippen molar-refractivity contribution in [3.8, 4) is 5.00 Å². The van der Waals surface area contributed by atoms with Crippen molar-refractivity contribution in [1.82, 2.24) is 19.3 Å². The summed E-state index contributed by atoms with van der Waals surface area (Å²) in [7, 11) is 1.67. The molecule has 3 heterocycles. The average molecular weight is 646 g/mol. The molecule has 2 aromatic carbocycles. The zero-order valence-electron chi connectivity index (χ0n) is 25.9. The third-order valence-electron chi connectivity index (χ3n) is 7.69. The molecular formula is C34H36ClN5O4S. The van der Waals surface area contributed by atoms with Crippen LogP contribution in [0.1, 0.15) is 76.6 Å². The fraction of sp³-hybridized carbons (Fsp3) is 0.324. The van der Waals surface area contributed by atoms with Crippen LogP contribution in [0.5, 0.6) is 0 Å². The molecule has 0 saturated heterocycles. The van der Waals surface area contributed by atoms with Gasteiger partial charge in [0.2, 0.25) is 5.95 Å². The van der Waals surface area contributed by atoms with Gasteiger partial charge in [-0.1, -0.05) is 55.3 Å². The van der Waals surface area contributed by atoms with Crippen molar-refractivity contribution in [2.45, 2.75) is 59.4 Å². The zero-order valence-corrected chi connectivity index (χ0v) is 27.5. The number of para-hydroxylation sites is 1. The van der Waals surface area contributed by atoms with E-state index in [9.17, 15) is 14.4 Å². The molecule has 0 aliphatic carbocycles. The number of hydrogen-bond donors (Lipinski definition) is 0. The number of carbonyl (C=O) groups excluding carboxylic acids is 3. The number of esters is 1. The van der Waals surface area contributed by atoms with Gasteiger partial charge in [-0.05, 0) is 63.4 Å². The van der Waals surface area contributed by atoms with Crippen LogP contribution in [0.4, 0.5) is 5.95 Å². The van der Waals surface area contributed by atoms with Crippen LogP contribution in [-0.2, 0) is 22.5 Å². The lowest BCUT2D eigenvalue weighted by Gasteiger charge is -2.19. The number of halogens is 1. The standard InChI is InChI=1S/C34H36ClN5O4S/c1-5-24-21-26(31(42)25-15-10-11-16-27(25)35)33(45-24)40-22(3)36-37-34(40)38(4)32(43)29-20-23-14-9-12-17-28(23)39(29)19-13-7-8-18-30(41)44-6-2/h9-12,14-17,20-21H,5-8,13,18-19H2,1-4H3. The Morgan fingerprint density at radius 1 is 0.956 bits per heavy atom. The summed E-state index contributed by atoms with van der Waals surface area (Å²) in [5.41, 5.74) is 2.36. The number of thiophene rings is 1. The van der Waals surface area contributed by atoms with Gasteiger partial charge in [0, 0.05) is 41.4 Å². The molecule has 9 nitrogen and oxygen atoms in total. The number of fused-ring (bicyclic) bond motifs is 1. The summed E-state index contributed by atoms with van der Waals surface area (Å²) >= 11 is 7.88. The van der Waals surface area contributed by atoms with Gasteiger partial charge in [0.05, 0.1) is 17.2 Å². The summed E-state index contributed by atoms with van der Waals surface area (Å²) < 4.78 is 8.84. The normalized spacial score (nSPS) is 11.2. The van der Waals surface area contributed by atoms with E-state index in [-0.39, 0.29) is 17.7 Å². The summed E-state index contributed by atoms with van der Waals surface area (Å²) in [6.45, 7) is 6.63. The van der Waals surface area contributed by atoms with Crippen LogP contribution in [0.15, 0.2) is 60.7 Å². The molecule has 0 aliphatic rings. The summed E-state index contributed by atoms with van der Waals surface area (Å²) in [5, 5.41) is 10.7. The molecule has 45 heavy (non-hydrogen) atoms. The van der Waals surface area contributed by atoms with Crippen molar-refractivity contribution in [2.24, 2.45) is 0 Å². The minimum absolute atomic E-state index is 0.186. The highest BCUT2D eigenvalue weighted by Gasteiger charge is 2.28. The first-order valence-electron chi connectivity index (χ1n) is 15.1. The summed E-state index contributed by atoms with van der Waals surface area (Å²) in [6.07, 6.45) is 3.45. The highest BCUT2D eigenvalue weighted by atomic mass is 35.5. The van der Waals surface area contributed by atoms with Crippen molar-refractivity contribution in [3.63, 3.8) is 0 Å². The van der Waals surface area contributed by atoms with E-state index in [4.69, 9.17) is 16.3 Å². The molecule has 0 aliphatic heterocycles. The van der Waals surface area contributed by atoms with E-state index in [0.29, 0.717) is 58.2 Å². The van der Waals surface area contributed by atoms with E-state index in [1.165, 1.54) is 16.2 Å². The number of benzene rings is 2. The smallest absolute Gasteiger partial charge is 0.305 e. The lowest BCUT2D eigenvalue weighted by atomic mass is 10.0. The molecule has 0 radical (unpaired) electrons. The van der Waals surface area contributed by atoms with Gasteiger partial charge < -0.3 is 9.30 Å². The van der Waals surface area contributed by atoms with Crippen LogP contribution >= 0.6 is 22.9 Å². The van der Waals surface area contributed by atoms with E-state index in [2.05, 4.69) is 10.2 Å². The Hall–Kier alpha value is -4.28. The molecule has 0 fully saturated rings. The Balaban J connectivity index is 1.47. The average Bonchev–Trinajstić information content (AvgIpc) is 3.75. The van der Waals surface area contributed by atoms with Gasteiger partial charge in [0.1, 0.15) is 16.5 Å². The number of aryl methyl sites for hydroxylation is 3. The van der Waals surface area contributed by atoms with Crippen molar-refractivity contribution in [1.29, 1.82) is 0 Å². The Kier molecular flexibility index (Phi) is 10.1. The number of anilines is 1. The van der Waals surface area contributed by atoms with Crippen molar-refractivity contribution >= 4 is 57.4 Å². The van der Waals surface area contributed by atoms with Gasteiger partial charge in [-0.15, -0.1) is 21.5 Å². The van der Waals surface area contributed by atoms with Crippen LogP contribution in [0, 0.1) is 6.92 Å². The van der Waals surface area contributed by atoms with Gasteiger partial charge in [-0.2, -0.15) is 0 Å². The van der Waals surface area contributed by atoms with Gasteiger partial charge >= 0.3 is 5.97 Å². The first-order chi connectivity index (χ1) is 21.7. The Labute approximate surface area is 271 Å². The van der Waals surface area contributed by atoms with Crippen molar-refractivity contribution in [2.75, 3.05) is 18.6 Å². The third kappa shape index (κ3) is 6.72. The number of hydrogen-bond acceptors (Lipinski definition) is 7. The van der Waals surface area contributed by atoms with Gasteiger partial charge in [0.25, 0.3) is 5.91 Å². The molecule has 0 saturated carbocycles. The fourth-order valence-electron chi connectivity index (χ4n) is 5.37. The van der Waals surface area contributed by atoms with Crippen molar-refractivity contribution in [3.05, 3.63) is 93.2 Å². The molecule has 5 rings (SSSR count). The lowest BCUT2D eigenvalue weighted by Crippen LogP contribution is -2.31. The first kappa shape index (κ1) is 32.1. The van der Waals surface area contributed by atoms with E-state index >= 15 is 0 Å². The summed E-state index contributed by atoms with van der Waals surface area (Å²) in [5.74, 6) is 0.209. The number of carbonyl (C=O) groups is 3. The quantitative estimate of drug-likeness (QED) is 0.0750. The largest absolute Gasteiger partial charge is 0.466 e. The van der Waals surface area contributed by atoms with Gasteiger partial charge in [-0.25, -0.2) is 0 Å². The van der Waals surface area contributed by atoms with Crippen LogP contribution in [-0.4, -0.2) is 50.6 Å². The van der Waals surface area contributed by atoms with Crippen LogP contribution < -0.4 is 4.90 Å². The van der Waals surface area contributed by atoms with Crippen LogP contribution in [0.25, 0.3) is 15.9 Å². The molecular weight excluding hydrogens is 610 g/mol. The maximum absolute atomic E-state index is 14.2. The van der Waals surface area contributed by atoms with E-state index in [1.807, 2.05) is 47.9 Å².